The molecule has 1 atom stereocenters. The van der Waals surface area contributed by atoms with Gasteiger partial charge in [-0.25, -0.2) is 0 Å². The molecule has 3 nitrogen and oxygen atoms in total. The Kier molecular flexibility index (Phi) is 4.83. The summed E-state index contributed by atoms with van der Waals surface area (Å²) in [5.74, 6) is 0. The fourth-order valence-corrected chi connectivity index (χ4v) is 3.06. The standard InChI is InChI=1S/C14H28N2O/c1-14(2)6-3-12(11-14)16-9-10-17-13-4-7-15-8-5-13/h12-13,15-16H,3-11H2,1-2H3. The molecule has 0 radical (unpaired) electrons. The highest BCUT2D eigenvalue weighted by molar-refractivity contribution is 4.86. The molecule has 0 aromatic carbocycles. The van der Waals surface area contributed by atoms with Gasteiger partial charge in [0.05, 0.1) is 12.7 Å². The van der Waals surface area contributed by atoms with Gasteiger partial charge in [0, 0.05) is 12.6 Å². The predicted molar refractivity (Wildman–Crippen MR) is 71.3 cm³/mol. The molecule has 0 spiro atoms. The fourth-order valence-electron chi connectivity index (χ4n) is 3.06. The smallest absolute Gasteiger partial charge is 0.0600 e. The van der Waals surface area contributed by atoms with Crippen LogP contribution in [0.2, 0.25) is 0 Å². The van der Waals surface area contributed by atoms with Crippen LogP contribution in [0.15, 0.2) is 0 Å². The number of hydrogen-bond donors (Lipinski definition) is 2. The van der Waals surface area contributed by atoms with E-state index in [4.69, 9.17) is 4.74 Å². The monoisotopic (exact) mass is 240 g/mol. The first kappa shape index (κ1) is 13.3. The van der Waals surface area contributed by atoms with Gasteiger partial charge in [-0.2, -0.15) is 0 Å². The number of ether oxygens (including phenoxy) is 1. The molecule has 0 bridgehead atoms. The zero-order valence-corrected chi connectivity index (χ0v) is 11.4. The lowest BCUT2D eigenvalue weighted by Gasteiger charge is -2.23. The van der Waals surface area contributed by atoms with E-state index in [-0.39, 0.29) is 0 Å². The van der Waals surface area contributed by atoms with E-state index in [1.54, 1.807) is 0 Å². The zero-order chi connectivity index (χ0) is 12.1. The Bertz CT molecular complexity index is 224. The van der Waals surface area contributed by atoms with E-state index < -0.39 is 0 Å². The Morgan fingerprint density at radius 2 is 2.00 bits per heavy atom. The summed E-state index contributed by atoms with van der Waals surface area (Å²) >= 11 is 0. The molecule has 1 saturated carbocycles. The third-order valence-corrected chi connectivity index (χ3v) is 4.14. The molecule has 0 aromatic rings. The van der Waals surface area contributed by atoms with E-state index in [1.807, 2.05) is 0 Å². The average Bonchev–Trinajstić information content (AvgIpc) is 2.66. The molecule has 2 fully saturated rings. The molecule has 2 N–H and O–H groups in total. The number of hydrogen-bond acceptors (Lipinski definition) is 3. The Hall–Kier alpha value is -0.120. The Morgan fingerprint density at radius 3 is 2.65 bits per heavy atom. The van der Waals surface area contributed by atoms with Crippen molar-refractivity contribution in [3.63, 3.8) is 0 Å². The maximum absolute atomic E-state index is 5.89. The third-order valence-electron chi connectivity index (χ3n) is 4.14. The molecule has 2 rings (SSSR count). The van der Waals surface area contributed by atoms with Crippen molar-refractivity contribution in [1.82, 2.24) is 10.6 Å². The van der Waals surface area contributed by atoms with E-state index in [1.165, 1.54) is 32.1 Å². The van der Waals surface area contributed by atoms with Crippen LogP contribution in [0, 0.1) is 5.41 Å². The summed E-state index contributed by atoms with van der Waals surface area (Å²) in [5, 5.41) is 7.00. The minimum Gasteiger partial charge on any atom is -0.377 e. The lowest BCUT2D eigenvalue weighted by atomic mass is 9.92. The summed E-state index contributed by atoms with van der Waals surface area (Å²) in [6.45, 7) is 8.89. The first-order chi connectivity index (χ1) is 8.16. The van der Waals surface area contributed by atoms with Gasteiger partial charge in [0.2, 0.25) is 0 Å². The SMILES string of the molecule is CC1(C)CCC(NCCOC2CCNCC2)C1. The van der Waals surface area contributed by atoms with Crippen LogP contribution in [0.3, 0.4) is 0 Å². The molecule has 1 unspecified atom stereocenters. The van der Waals surface area contributed by atoms with Gasteiger partial charge >= 0.3 is 0 Å². The summed E-state index contributed by atoms with van der Waals surface area (Å²) in [7, 11) is 0. The van der Waals surface area contributed by atoms with Crippen LogP contribution in [0.25, 0.3) is 0 Å². The number of rotatable bonds is 5. The van der Waals surface area contributed by atoms with Gasteiger partial charge in [-0.1, -0.05) is 13.8 Å². The maximum Gasteiger partial charge on any atom is 0.0600 e. The van der Waals surface area contributed by atoms with Crippen LogP contribution in [-0.2, 0) is 4.74 Å². The predicted octanol–water partition coefficient (Wildman–Crippen LogP) is 1.92. The van der Waals surface area contributed by atoms with Gasteiger partial charge in [0.15, 0.2) is 0 Å². The lowest BCUT2D eigenvalue weighted by molar-refractivity contribution is 0.0338. The van der Waals surface area contributed by atoms with Crippen LogP contribution in [0.1, 0.15) is 46.0 Å². The van der Waals surface area contributed by atoms with E-state index >= 15 is 0 Å². The normalized spacial score (nSPS) is 29.6. The maximum atomic E-state index is 5.89. The number of nitrogens with one attached hydrogen (secondary N) is 2. The number of piperidine rings is 1. The van der Waals surface area contributed by atoms with Crippen molar-refractivity contribution in [2.75, 3.05) is 26.2 Å². The summed E-state index contributed by atoms with van der Waals surface area (Å²) in [6, 6.07) is 0.724. The Morgan fingerprint density at radius 1 is 1.24 bits per heavy atom. The van der Waals surface area contributed by atoms with Crippen molar-refractivity contribution < 1.29 is 4.74 Å². The highest BCUT2D eigenvalue weighted by atomic mass is 16.5. The quantitative estimate of drug-likeness (QED) is 0.720. The van der Waals surface area contributed by atoms with Crippen molar-refractivity contribution in [1.29, 1.82) is 0 Å². The molecule has 17 heavy (non-hydrogen) atoms. The molecular formula is C14H28N2O. The first-order valence-electron chi connectivity index (χ1n) is 7.21. The largest absolute Gasteiger partial charge is 0.377 e. The van der Waals surface area contributed by atoms with Crippen molar-refractivity contribution in [2.24, 2.45) is 5.41 Å². The molecule has 2 aliphatic rings. The second kappa shape index (κ2) is 6.17. The van der Waals surface area contributed by atoms with Gasteiger partial charge in [-0.05, 0) is 50.6 Å². The van der Waals surface area contributed by atoms with Crippen LogP contribution in [0.4, 0.5) is 0 Å². The van der Waals surface area contributed by atoms with Crippen LogP contribution in [0.5, 0.6) is 0 Å². The third kappa shape index (κ3) is 4.57. The van der Waals surface area contributed by atoms with Crippen molar-refractivity contribution >= 4 is 0 Å². The van der Waals surface area contributed by atoms with Crippen LogP contribution in [-0.4, -0.2) is 38.4 Å². The molecule has 100 valence electrons. The van der Waals surface area contributed by atoms with Crippen LogP contribution >= 0.6 is 0 Å². The second-order valence-electron chi connectivity index (χ2n) is 6.38. The summed E-state index contributed by atoms with van der Waals surface area (Å²) in [4.78, 5) is 0. The Balaban J connectivity index is 1.51. The molecule has 1 aliphatic carbocycles. The highest BCUT2D eigenvalue weighted by Crippen LogP contribution is 2.36. The average molecular weight is 240 g/mol. The van der Waals surface area contributed by atoms with Crippen molar-refractivity contribution in [3.05, 3.63) is 0 Å². The van der Waals surface area contributed by atoms with Crippen molar-refractivity contribution in [2.45, 2.75) is 58.1 Å². The minimum atomic E-state index is 0.498. The van der Waals surface area contributed by atoms with Gasteiger partial charge in [0.25, 0.3) is 0 Å². The fraction of sp³-hybridized carbons (Fsp3) is 1.00. The second-order valence-corrected chi connectivity index (χ2v) is 6.38. The highest BCUT2D eigenvalue weighted by Gasteiger charge is 2.30. The van der Waals surface area contributed by atoms with E-state index in [0.29, 0.717) is 11.5 Å². The molecule has 3 heteroatoms. The summed E-state index contributed by atoms with van der Waals surface area (Å²) in [6.07, 6.45) is 6.87. The molecule has 1 saturated heterocycles. The molecule has 0 aromatic heterocycles. The van der Waals surface area contributed by atoms with Crippen molar-refractivity contribution in [3.8, 4) is 0 Å². The molecular weight excluding hydrogens is 212 g/mol. The van der Waals surface area contributed by atoms with Crippen LogP contribution < -0.4 is 10.6 Å². The topological polar surface area (TPSA) is 33.3 Å². The molecule has 1 heterocycles. The molecule has 0 amide bonds. The summed E-state index contributed by atoms with van der Waals surface area (Å²) < 4.78 is 5.89. The van der Waals surface area contributed by atoms with Gasteiger partial charge in [0.1, 0.15) is 0 Å². The first-order valence-corrected chi connectivity index (χ1v) is 7.21. The summed E-state index contributed by atoms with van der Waals surface area (Å²) in [5.41, 5.74) is 0.549. The van der Waals surface area contributed by atoms with Gasteiger partial charge in [-0.3, -0.25) is 0 Å². The molecule has 1 aliphatic heterocycles. The van der Waals surface area contributed by atoms with Gasteiger partial charge < -0.3 is 15.4 Å². The zero-order valence-electron chi connectivity index (χ0n) is 11.4. The van der Waals surface area contributed by atoms with Gasteiger partial charge in [-0.15, -0.1) is 0 Å². The van der Waals surface area contributed by atoms with E-state index in [9.17, 15) is 0 Å². The van der Waals surface area contributed by atoms with E-state index in [0.717, 1.165) is 32.3 Å². The minimum absolute atomic E-state index is 0.498. The lowest BCUT2D eigenvalue weighted by Crippen LogP contribution is -2.35. The van der Waals surface area contributed by atoms with E-state index in [2.05, 4.69) is 24.5 Å². The Labute approximate surface area is 106 Å².